The molecule has 0 fully saturated rings. The molecule has 0 saturated carbocycles. The Morgan fingerprint density at radius 1 is 1.09 bits per heavy atom. The molecule has 4 aromatic rings. The van der Waals surface area contributed by atoms with Crippen LogP contribution in [0.4, 0.5) is 0 Å². The molecular formula is C24H16ClN3O4S. The summed E-state index contributed by atoms with van der Waals surface area (Å²) in [6.45, 7) is 1.79. The molecule has 0 N–H and O–H groups in total. The van der Waals surface area contributed by atoms with E-state index in [-0.39, 0.29) is 16.3 Å². The van der Waals surface area contributed by atoms with Gasteiger partial charge < -0.3 is 4.74 Å². The SMILES string of the molecule is Cc1cccn2c(=O)c(/C=C(\C#N)S(=O)(=O)c3ccc(Cl)cc3)c(Oc3ccccc3)nc12. The Labute approximate surface area is 194 Å². The van der Waals surface area contributed by atoms with Gasteiger partial charge in [-0.25, -0.2) is 8.42 Å². The predicted octanol–water partition coefficient (Wildman–Crippen LogP) is 4.79. The van der Waals surface area contributed by atoms with Crippen molar-refractivity contribution in [2.24, 2.45) is 0 Å². The van der Waals surface area contributed by atoms with Crippen LogP contribution in [0.1, 0.15) is 11.1 Å². The van der Waals surface area contributed by atoms with Crippen molar-refractivity contribution in [1.82, 2.24) is 9.38 Å². The molecule has 0 radical (unpaired) electrons. The molecular weight excluding hydrogens is 462 g/mol. The van der Waals surface area contributed by atoms with Gasteiger partial charge in [0.2, 0.25) is 15.7 Å². The van der Waals surface area contributed by atoms with Gasteiger partial charge in [0.05, 0.1) is 4.90 Å². The first-order chi connectivity index (χ1) is 15.8. The van der Waals surface area contributed by atoms with Crippen molar-refractivity contribution in [2.75, 3.05) is 0 Å². The van der Waals surface area contributed by atoms with Crippen molar-refractivity contribution >= 4 is 33.2 Å². The largest absolute Gasteiger partial charge is 0.438 e. The number of allylic oxidation sites excluding steroid dienone is 1. The summed E-state index contributed by atoms with van der Waals surface area (Å²) < 4.78 is 33.3. The summed E-state index contributed by atoms with van der Waals surface area (Å²) in [5.74, 6) is 0.288. The first-order valence-electron chi connectivity index (χ1n) is 9.68. The number of benzene rings is 2. The van der Waals surface area contributed by atoms with E-state index in [0.29, 0.717) is 16.4 Å². The van der Waals surface area contributed by atoms with E-state index < -0.39 is 20.3 Å². The van der Waals surface area contributed by atoms with E-state index in [0.717, 1.165) is 11.6 Å². The fraction of sp³-hybridized carbons (Fsp3) is 0.0417. The first kappa shape index (κ1) is 22.3. The van der Waals surface area contributed by atoms with Gasteiger partial charge in [0.15, 0.2) is 0 Å². The number of sulfone groups is 1. The highest BCUT2D eigenvalue weighted by Crippen LogP contribution is 2.27. The van der Waals surface area contributed by atoms with E-state index in [2.05, 4.69) is 4.98 Å². The maximum absolute atomic E-state index is 13.3. The monoisotopic (exact) mass is 477 g/mol. The highest BCUT2D eigenvalue weighted by atomic mass is 35.5. The number of aryl methyl sites for hydroxylation is 1. The molecule has 2 aromatic heterocycles. The standard InChI is InChI=1S/C24H16ClN3O4S/c1-16-6-5-13-28-22(16)27-23(32-18-7-3-2-4-8-18)21(24(28)29)14-20(15-26)33(30,31)19-11-9-17(25)10-12-19/h2-14H,1H3/b20-14+. The van der Waals surface area contributed by atoms with Gasteiger partial charge in [0.1, 0.15) is 27.9 Å². The van der Waals surface area contributed by atoms with Crippen LogP contribution in [0.5, 0.6) is 11.6 Å². The van der Waals surface area contributed by atoms with Crippen LogP contribution in [0.2, 0.25) is 5.02 Å². The number of ether oxygens (including phenoxy) is 1. The molecule has 9 heteroatoms. The molecule has 2 aromatic carbocycles. The minimum Gasteiger partial charge on any atom is -0.438 e. The number of fused-ring (bicyclic) bond motifs is 1. The smallest absolute Gasteiger partial charge is 0.269 e. The number of nitrogens with zero attached hydrogens (tertiary/aromatic N) is 3. The second-order valence-electron chi connectivity index (χ2n) is 7.01. The molecule has 0 aliphatic carbocycles. The molecule has 0 bridgehead atoms. The number of aromatic nitrogens is 2. The maximum Gasteiger partial charge on any atom is 0.269 e. The minimum atomic E-state index is -4.22. The lowest BCUT2D eigenvalue weighted by Crippen LogP contribution is -2.20. The number of rotatable bonds is 5. The summed E-state index contributed by atoms with van der Waals surface area (Å²) in [6, 6.07) is 19.2. The quantitative estimate of drug-likeness (QED) is 0.383. The number of para-hydroxylation sites is 1. The zero-order valence-electron chi connectivity index (χ0n) is 17.3. The number of hydrogen-bond donors (Lipinski definition) is 0. The highest BCUT2D eigenvalue weighted by Gasteiger charge is 2.24. The average Bonchev–Trinajstić information content (AvgIpc) is 2.80. The van der Waals surface area contributed by atoms with Crippen molar-refractivity contribution in [2.45, 2.75) is 11.8 Å². The fourth-order valence-corrected chi connectivity index (χ4v) is 4.40. The van der Waals surface area contributed by atoms with Crippen molar-refractivity contribution in [3.8, 4) is 17.7 Å². The third-order valence-corrected chi connectivity index (χ3v) is 6.74. The summed E-state index contributed by atoms with van der Waals surface area (Å²) in [5.41, 5.74) is 0.326. The third-order valence-electron chi connectivity index (χ3n) is 4.81. The Hall–Kier alpha value is -3.93. The molecule has 0 spiro atoms. The van der Waals surface area contributed by atoms with Crippen molar-refractivity contribution in [1.29, 1.82) is 5.26 Å². The normalized spacial score (nSPS) is 11.8. The van der Waals surface area contributed by atoms with Crippen LogP contribution in [0.25, 0.3) is 11.7 Å². The van der Waals surface area contributed by atoms with E-state index in [1.807, 2.05) is 0 Å². The summed E-state index contributed by atoms with van der Waals surface area (Å²) in [6.07, 6.45) is 2.51. The Kier molecular flexibility index (Phi) is 6.01. The first-order valence-corrected chi connectivity index (χ1v) is 11.5. The molecule has 33 heavy (non-hydrogen) atoms. The van der Waals surface area contributed by atoms with E-state index in [4.69, 9.17) is 16.3 Å². The van der Waals surface area contributed by atoms with E-state index >= 15 is 0 Å². The summed E-state index contributed by atoms with van der Waals surface area (Å²) >= 11 is 5.85. The molecule has 0 atom stereocenters. The molecule has 164 valence electrons. The Morgan fingerprint density at radius 2 is 1.79 bits per heavy atom. The molecule has 0 aliphatic rings. The molecule has 0 saturated heterocycles. The Balaban J connectivity index is 1.96. The van der Waals surface area contributed by atoms with Crippen LogP contribution < -0.4 is 10.3 Å². The van der Waals surface area contributed by atoms with Crippen LogP contribution in [-0.4, -0.2) is 17.8 Å². The van der Waals surface area contributed by atoms with E-state index in [1.54, 1.807) is 55.5 Å². The van der Waals surface area contributed by atoms with Crippen LogP contribution in [0.3, 0.4) is 0 Å². The summed E-state index contributed by atoms with van der Waals surface area (Å²) in [4.78, 5) is 17.0. The van der Waals surface area contributed by atoms with Crippen molar-refractivity contribution in [3.63, 3.8) is 0 Å². The van der Waals surface area contributed by atoms with Gasteiger partial charge in [0.25, 0.3) is 5.56 Å². The number of nitriles is 1. The van der Waals surface area contributed by atoms with Gasteiger partial charge in [-0.3, -0.25) is 9.20 Å². The highest BCUT2D eigenvalue weighted by molar-refractivity contribution is 7.95. The molecule has 0 aliphatic heterocycles. The predicted molar refractivity (Wildman–Crippen MR) is 125 cm³/mol. The third kappa shape index (κ3) is 4.37. The molecule has 7 nitrogen and oxygen atoms in total. The zero-order valence-corrected chi connectivity index (χ0v) is 18.8. The van der Waals surface area contributed by atoms with Gasteiger partial charge in [-0.2, -0.15) is 10.2 Å². The fourth-order valence-electron chi connectivity index (χ4n) is 3.14. The summed E-state index contributed by atoms with van der Waals surface area (Å²) in [5, 5.41) is 10.0. The second-order valence-corrected chi connectivity index (χ2v) is 9.37. The van der Waals surface area contributed by atoms with Crippen molar-refractivity contribution < 1.29 is 13.2 Å². The minimum absolute atomic E-state index is 0.112. The number of hydrogen-bond acceptors (Lipinski definition) is 6. The Bertz CT molecular complexity index is 1590. The van der Waals surface area contributed by atoms with Crippen LogP contribution >= 0.6 is 11.6 Å². The second kappa shape index (κ2) is 8.90. The Morgan fingerprint density at radius 3 is 2.45 bits per heavy atom. The molecule has 2 heterocycles. The lowest BCUT2D eigenvalue weighted by atomic mass is 10.2. The lowest BCUT2D eigenvalue weighted by molar-refractivity contribution is 0.461. The van der Waals surface area contributed by atoms with Crippen LogP contribution in [-0.2, 0) is 9.84 Å². The maximum atomic E-state index is 13.3. The molecule has 0 unspecified atom stereocenters. The van der Waals surface area contributed by atoms with Gasteiger partial charge in [-0.05, 0) is 61.0 Å². The number of pyridine rings is 1. The van der Waals surface area contributed by atoms with Gasteiger partial charge in [-0.1, -0.05) is 35.9 Å². The molecule has 4 rings (SSSR count). The lowest BCUT2D eigenvalue weighted by Gasteiger charge is -2.11. The van der Waals surface area contributed by atoms with Crippen molar-refractivity contribution in [3.05, 3.63) is 104 Å². The van der Waals surface area contributed by atoms with Crippen LogP contribution in [0, 0.1) is 18.3 Å². The van der Waals surface area contributed by atoms with Crippen LogP contribution in [0.15, 0.2) is 87.5 Å². The van der Waals surface area contributed by atoms with E-state index in [9.17, 15) is 18.5 Å². The van der Waals surface area contributed by atoms with Gasteiger partial charge >= 0.3 is 0 Å². The average molecular weight is 478 g/mol. The zero-order chi connectivity index (χ0) is 23.6. The number of halogens is 1. The molecule has 0 amide bonds. The summed E-state index contributed by atoms with van der Waals surface area (Å²) in [7, 11) is -4.22. The van der Waals surface area contributed by atoms with Gasteiger partial charge in [0, 0.05) is 11.2 Å². The van der Waals surface area contributed by atoms with E-state index in [1.165, 1.54) is 34.9 Å². The topological polar surface area (TPSA) is 102 Å². The van der Waals surface area contributed by atoms with Gasteiger partial charge in [-0.15, -0.1) is 0 Å².